The molecule has 5 aromatic rings. The van der Waals surface area contributed by atoms with Crippen molar-refractivity contribution in [2.45, 2.75) is 29.7 Å². The average Bonchev–Trinajstić information content (AvgIpc) is 3.28. The van der Waals surface area contributed by atoms with Crippen LogP contribution in [0.5, 0.6) is 0 Å². The Morgan fingerprint density at radius 3 is 2.39 bits per heavy atom. The van der Waals surface area contributed by atoms with Crippen molar-refractivity contribution in [2.75, 3.05) is 11.9 Å². The molecule has 2 aromatic heterocycles. The second-order valence-corrected chi connectivity index (χ2v) is 9.98. The lowest BCUT2D eigenvalue weighted by molar-refractivity contribution is 0.592. The first-order valence-corrected chi connectivity index (χ1v) is 12.2. The van der Waals surface area contributed by atoms with Gasteiger partial charge in [0.1, 0.15) is 5.82 Å². The Morgan fingerprint density at radius 1 is 0.939 bits per heavy atom. The average molecular weight is 458 g/mol. The molecule has 0 aliphatic rings. The molecule has 1 N–H and O–H groups in total. The van der Waals surface area contributed by atoms with E-state index in [9.17, 15) is 8.42 Å². The minimum Gasteiger partial charge on any atom is -0.369 e. The largest absolute Gasteiger partial charge is 0.369 e. The second kappa shape index (κ2) is 8.29. The Hall–Kier alpha value is -3.78. The molecule has 0 fully saturated rings. The Morgan fingerprint density at radius 2 is 1.64 bits per heavy atom. The van der Waals surface area contributed by atoms with Crippen molar-refractivity contribution in [3.05, 3.63) is 90.0 Å². The molecule has 33 heavy (non-hydrogen) atoms. The fraction of sp³-hybridized carbons (Fsp3) is 0.160. The number of para-hydroxylation sites is 1. The van der Waals surface area contributed by atoms with Gasteiger partial charge < -0.3 is 5.32 Å². The van der Waals surface area contributed by atoms with Gasteiger partial charge in [0.2, 0.25) is 14.9 Å². The van der Waals surface area contributed by atoms with Crippen molar-refractivity contribution >= 4 is 32.2 Å². The third-order valence-corrected chi connectivity index (χ3v) is 7.42. The molecule has 0 amide bonds. The molecule has 0 bridgehead atoms. The summed E-state index contributed by atoms with van der Waals surface area (Å²) in [5.74, 6) is 0.838. The zero-order valence-electron chi connectivity index (χ0n) is 18.3. The van der Waals surface area contributed by atoms with Crippen LogP contribution in [-0.2, 0) is 9.84 Å². The van der Waals surface area contributed by atoms with E-state index >= 15 is 0 Å². The molecule has 1 atom stereocenters. The van der Waals surface area contributed by atoms with E-state index in [1.165, 1.54) is 10.1 Å². The molecular weight excluding hydrogens is 434 g/mol. The van der Waals surface area contributed by atoms with Crippen LogP contribution in [0, 0.1) is 6.92 Å². The van der Waals surface area contributed by atoms with Gasteiger partial charge in [-0.15, -0.1) is 5.10 Å². The number of aromatic nitrogens is 4. The van der Waals surface area contributed by atoms with Crippen molar-refractivity contribution < 1.29 is 8.42 Å². The van der Waals surface area contributed by atoms with E-state index in [2.05, 4.69) is 39.7 Å². The number of rotatable bonds is 6. The van der Waals surface area contributed by atoms with Crippen LogP contribution in [0.25, 0.3) is 16.6 Å². The number of benzene rings is 3. The molecule has 0 aliphatic carbocycles. The monoisotopic (exact) mass is 457 g/mol. The lowest BCUT2D eigenvalue weighted by Gasteiger charge is -2.15. The summed E-state index contributed by atoms with van der Waals surface area (Å²) < 4.78 is 28.2. The smallest absolute Gasteiger partial charge is 0.229 e. The van der Waals surface area contributed by atoms with Crippen LogP contribution >= 0.6 is 0 Å². The highest BCUT2D eigenvalue weighted by Crippen LogP contribution is 2.28. The molecule has 5 rings (SSSR count). The maximum absolute atomic E-state index is 13.3. The Balaban J connectivity index is 1.60. The van der Waals surface area contributed by atoms with E-state index in [0.29, 0.717) is 12.4 Å². The molecule has 1 unspecified atom stereocenters. The summed E-state index contributed by atoms with van der Waals surface area (Å²) in [5.41, 5.74) is 3.12. The fourth-order valence-electron chi connectivity index (χ4n) is 3.83. The number of anilines is 1. The normalized spacial score (nSPS) is 12.8. The van der Waals surface area contributed by atoms with Gasteiger partial charge in [-0.05, 0) is 42.7 Å². The van der Waals surface area contributed by atoms with Gasteiger partial charge in [0, 0.05) is 11.9 Å². The summed E-state index contributed by atoms with van der Waals surface area (Å²) in [4.78, 5) is 4.85. The lowest BCUT2D eigenvalue weighted by atomic mass is 10.0. The van der Waals surface area contributed by atoms with Crippen LogP contribution < -0.4 is 5.32 Å². The first-order valence-electron chi connectivity index (χ1n) is 10.7. The van der Waals surface area contributed by atoms with Gasteiger partial charge in [0.15, 0.2) is 5.65 Å². The summed E-state index contributed by atoms with van der Waals surface area (Å²) in [7, 11) is -3.88. The number of sulfone groups is 1. The van der Waals surface area contributed by atoms with Crippen LogP contribution in [0.2, 0.25) is 0 Å². The van der Waals surface area contributed by atoms with Crippen LogP contribution in [0.4, 0.5) is 5.82 Å². The zero-order valence-corrected chi connectivity index (χ0v) is 19.1. The molecule has 0 saturated carbocycles. The highest BCUT2D eigenvalue weighted by Gasteiger charge is 2.27. The predicted molar refractivity (Wildman–Crippen MR) is 128 cm³/mol. The Kier molecular flexibility index (Phi) is 5.30. The van der Waals surface area contributed by atoms with E-state index in [4.69, 9.17) is 0 Å². The molecule has 8 heteroatoms. The number of fused-ring (bicyclic) bond motifs is 3. The Labute approximate surface area is 192 Å². The highest BCUT2D eigenvalue weighted by atomic mass is 32.2. The van der Waals surface area contributed by atoms with Gasteiger partial charge in [-0.2, -0.15) is 4.52 Å². The Bertz CT molecular complexity index is 1550. The number of hydrogen-bond donors (Lipinski definition) is 1. The molecule has 0 radical (unpaired) electrons. The molecular formula is C25H23N5O2S. The number of nitrogens with one attached hydrogen (secondary N) is 1. The van der Waals surface area contributed by atoms with E-state index in [0.717, 1.165) is 16.5 Å². The minimum atomic E-state index is -3.88. The minimum absolute atomic E-state index is 0.156. The topological polar surface area (TPSA) is 89.2 Å². The first-order chi connectivity index (χ1) is 15.9. The van der Waals surface area contributed by atoms with Crippen LogP contribution in [0.1, 0.15) is 24.0 Å². The van der Waals surface area contributed by atoms with Crippen molar-refractivity contribution in [1.82, 2.24) is 19.8 Å². The highest BCUT2D eigenvalue weighted by molar-refractivity contribution is 7.91. The van der Waals surface area contributed by atoms with E-state index in [-0.39, 0.29) is 21.5 Å². The number of nitrogens with zero attached hydrogens (tertiary/aromatic N) is 4. The molecule has 7 nitrogen and oxygen atoms in total. The molecule has 0 aliphatic heterocycles. The first kappa shape index (κ1) is 21.1. The lowest BCUT2D eigenvalue weighted by Crippen LogP contribution is -2.12. The SMILES string of the molecule is Cc1ccc(S(=O)(=O)c2nnn3c2nc(NCC(C)c2ccccc2)c2ccccc23)cc1. The summed E-state index contributed by atoms with van der Waals surface area (Å²) in [5, 5.41) is 12.3. The quantitative estimate of drug-likeness (QED) is 0.400. The maximum Gasteiger partial charge on any atom is 0.229 e. The third kappa shape index (κ3) is 3.82. The van der Waals surface area contributed by atoms with E-state index < -0.39 is 9.84 Å². The number of aryl methyl sites for hydroxylation is 1. The predicted octanol–water partition coefficient (Wildman–Crippen LogP) is 4.63. The molecule has 2 heterocycles. The van der Waals surface area contributed by atoms with Gasteiger partial charge in [0.05, 0.1) is 10.4 Å². The standard InChI is InChI=1S/C25H23N5O2S/c1-17-12-14-20(15-13-17)33(31,32)25-24-27-23(26-16-18(2)19-8-4-3-5-9-19)21-10-6-7-11-22(21)30(24)29-28-25/h3-15,18H,16H2,1-2H3,(H,26,27). The molecule has 3 aromatic carbocycles. The van der Waals surface area contributed by atoms with Gasteiger partial charge in [-0.1, -0.05) is 72.3 Å². The van der Waals surface area contributed by atoms with Gasteiger partial charge in [0.25, 0.3) is 0 Å². The maximum atomic E-state index is 13.3. The van der Waals surface area contributed by atoms with Crippen molar-refractivity contribution in [1.29, 1.82) is 0 Å². The number of hydrogen-bond acceptors (Lipinski definition) is 6. The van der Waals surface area contributed by atoms with Crippen molar-refractivity contribution in [3.63, 3.8) is 0 Å². The van der Waals surface area contributed by atoms with Crippen LogP contribution in [-0.4, -0.2) is 34.8 Å². The third-order valence-electron chi connectivity index (χ3n) is 5.75. The summed E-state index contributed by atoms with van der Waals surface area (Å²) in [6, 6.07) is 24.5. The summed E-state index contributed by atoms with van der Waals surface area (Å²) in [6.45, 7) is 4.68. The van der Waals surface area contributed by atoms with Gasteiger partial charge in [-0.3, -0.25) is 0 Å². The van der Waals surface area contributed by atoms with Gasteiger partial charge >= 0.3 is 0 Å². The zero-order chi connectivity index (χ0) is 23.0. The summed E-state index contributed by atoms with van der Waals surface area (Å²) in [6.07, 6.45) is 0. The van der Waals surface area contributed by atoms with Crippen LogP contribution in [0.15, 0.2) is 88.8 Å². The van der Waals surface area contributed by atoms with Crippen molar-refractivity contribution in [3.8, 4) is 0 Å². The van der Waals surface area contributed by atoms with Gasteiger partial charge in [-0.25, -0.2) is 13.4 Å². The molecule has 0 saturated heterocycles. The second-order valence-electron chi connectivity index (χ2n) is 8.12. The van der Waals surface area contributed by atoms with Crippen molar-refractivity contribution in [2.24, 2.45) is 0 Å². The fourth-order valence-corrected chi connectivity index (χ4v) is 5.07. The van der Waals surface area contributed by atoms with E-state index in [1.54, 1.807) is 24.3 Å². The van der Waals surface area contributed by atoms with E-state index in [1.807, 2.05) is 49.4 Å². The molecule has 0 spiro atoms. The summed E-state index contributed by atoms with van der Waals surface area (Å²) >= 11 is 0. The molecule has 166 valence electrons. The van der Waals surface area contributed by atoms with Crippen LogP contribution in [0.3, 0.4) is 0 Å².